The zero-order valence-corrected chi connectivity index (χ0v) is 28.0. The lowest BCUT2D eigenvalue weighted by Crippen LogP contribution is -2.65. The smallest absolute Gasteiger partial charge is 0.245 e. The lowest BCUT2D eigenvalue weighted by molar-refractivity contribution is -0.140. The second-order valence-electron chi connectivity index (χ2n) is 13.7. The number of nitrogens with zero attached hydrogens (tertiary/aromatic N) is 2. The fourth-order valence-corrected chi connectivity index (χ4v) is 8.21. The van der Waals surface area contributed by atoms with Crippen LogP contribution in [0.4, 0.5) is 0 Å². The number of halogens is 1. The Morgan fingerprint density at radius 2 is 1.40 bits per heavy atom. The number of piperazine rings is 1. The van der Waals surface area contributed by atoms with E-state index in [0.717, 1.165) is 47.9 Å². The topological polar surface area (TPSA) is 108 Å². The third-order valence-corrected chi connectivity index (χ3v) is 10.7. The van der Waals surface area contributed by atoms with Crippen molar-refractivity contribution in [3.63, 3.8) is 0 Å². The number of nitrogens with two attached hydrogens (primary N) is 1. The van der Waals surface area contributed by atoms with E-state index in [0.29, 0.717) is 50.5 Å². The Bertz CT molecular complexity index is 1540. The van der Waals surface area contributed by atoms with Crippen LogP contribution in [-0.2, 0) is 33.6 Å². The van der Waals surface area contributed by atoms with Crippen LogP contribution in [-0.4, -0.2) is 70.8 Å². The normalized spacial score (nSPS) is 20.1. The van der Waals surface area contributed by atoms with Gasteiger partial charge in [0.1, 0.15) is 11.6 Å². The SMILES string of the molecule is CC(=O)NC(c1ccccc1)C1(N2CCN(C(=O)C(Cc3ccc(Cl)cc3)NC(=O)C3(N)Cc4ccccc4C3)CC2)CCCCC1. The maximum absolute atomic E-state index is 14.3. The van der Waals surface area contributed by atoms with Crippen molar-refractivity contribution in [1.29, 1.82) is 0 Å². The molecule has 0 bridgehead atoms. The first-order valence-electron chi connectivity index (χ1n) is 16.9. The molecule has 0 spiro atoms. The maximum atomic E-state index is 14.3. The fraction of sp³-hybridized carbons (Fsp3) is 0.447. The predicted molar refractivity (Wildman–Crippen MR) is 185 cm³/mol. The lowest BCUT2D eigenvalue weighted by atomic mass is 9.72. The summed E-state index contributed by atoms with van der Waals surface area (Å²) in [6, 6.07) is 24.7. The van der Waals surface area contributed by atoms with Crippen molar-refractivity contribution >= 4 is 29.3 Å². The van der Waals surface area contributed by atoms with Crippen LogP contribution in [0.25, 0.3) is 0 Å². The molecule has 0 radical (unpaired) electrons. The van der Waals surface area contributed by atoms with Crippen molar-refractivity contribution in [2.45, 2.75) is 81.5 Å². The average Bonchev–Trinajstić information content (AvgIpc) is 3.45. The van der Waals surface area contributed by atoms with Crippen molar-refractivity contribution in [2.24, 2.45) is 5.73 Å². The minimum Gasteiger partial charge on any atom is -0.348 e. The molecule has 2 aliphatic carbocycles. The first-order chi connectivity index (χ1) is 22.7. The molecule has 47 heavy (non-hydrogen) atoms. The first-order valence-corrected chi connectivity index (χ1v) is 17.3. The average molecular weight is 656 g/mol. The highest BCUT2D eigenvalue weighted by Gasteiger charge is 2.47. The van der Waals surface area contributed by atoms with Gasteiger partial charge in [0, 0.05) is 50.1 Å². The standard InChI is InChI=1S/C38H46ClN5O3/c1-27(45)41-34(29-10-4-2-5-11-29)38(18-8-3-9-19-38)44-22-20-43(21-23-44)35(46)33(24-28-14-16-32(39)17-15-28)42-36(47)37(40)25-30-12-6-7-13-31(30)26-37/h2,4-7,10-17,33-34H,3,8-9,18-26,40H2,1H3,(H,41,45)(H,42,47). The molecule has 1 heterocycles. The van der Waals surface area contributed by atoms with Crippen LogP contribution in [0.5, 0.6) is 0 Å². The molecule has 248 valence electrons. The number of amides is 3. The fourth-order valence-electron chi connectivity index (χ4n) is 8.08. The van der Waals surface area contributed by atoms with Crippen LogP contribution in [0, 0.1) is 0 Å². The van der Waals surface area contributed by atoms with E-state index in [1.807, 2.05) is 59.5 Å². The Balaban J connectivity index is 1.20. The van der Waals surface area contributed by atoms with Gasteiger partial charge in [-0.25, -0.2) is 0 Å². The highest BCUT2D eigenvalue weighted by molar-refractivity contribution is 6.30. The summed E-state index contributed by atoms with van der Waals surface area (Å²) in [7, 11) is 0. The minimum atomic E-state index is -1.11. The summed E-state index contributed by atoms with van der Waals surface area (Å²) in [4.78, 5) is 45.0. The number of hydrogen-bond acceptors (Lipinski definition) is 5. The van der Waals surface area contributed by atoms with Crippen molar-refractivity contribution in [3.8, 4) is 0 Å². The summed E-state index contributed by atoms with van der Waals surface area (Å²) in [6.45, 7) is 4.04. The zero-order chi connectivity index (χ0) is 33.0. The molecule has 3 aromatic carbocycles. The molecular formula is C38H46ClN5O3. The Morgan fingerprint density at radius 1 is 0.809 bits per heavy atom. The van der Waals surface area contributed by atoms with E-state index < -0.39 is 11.6 Å². The van der Waals surface area contributed by atoms with Gasteiger partial charge in [0.2, 0.25) is 17.7 Å². The minimum absolute atomic E-state index is 0.0403. The Labute approximate surface area is 283 Å². The van der Waals surface area contributed by atoms with E-state index in [2.05, 4.69) is 27.7 Å². The van der Waals surface area contributed by atoms with Gasteiger partial charge < -0.3 is 21.3 Å². The molecule has 0 aromatic heterocycles. The quantitative estimate of drug-likeness (QED) is 0.313. The third kappa shape index (κ3) is 7.25. The van der Waals surface area contributed by atoms with Crippen LogP contribution in [0.15, 0.2) is 78.9 Å². The molecule has 2 fully saturated rings. The Hall–Kier alpha value is -3.72. The van der Waals surface area contributed by atoms with E-state index in [-0.39, 0.29) is 29.3 Å². The Morgan fingerprint density at radius 3 is 2.00 bits per heavy atom. The molecule has 3 aliphatic rings. The van der Waals surface area contributed by atoms with Gasteiger partial charge in [-0.15, -0.1) is 0 Å². The van der Waals surface area contributed by atoms with Crippen molar-refractivity contribution in [1.82, 2.24) is 20.4 Å². The molecule has 2 unspecified atom stereocenters. The first kappa shape index (κ1) is 33.2. The van der Waals surface area contributed by atoms with E-state index >= 15 is 0 Å². The number of nitrogens with one attached hydrogen (secondary N) is 2. The predicted octanol–water partition coefficient (Wildman–Crippen LogP) is 4.59. The van der Waals surface area contributed by atoms with Gasteiger partial charge in [0.25, 0.3) is 0 Å². The zero-order valence-electron chi connectivity index (χ0n) is 27.2. The molecule has 4 N–H and O–H groups in total. The highest BCUT2D eigenvalue weighted by atomic mass is 35.5. The third-order valence-electron chi connectivity index (χ3n) is 10.5. The molecule has 3 amide bonds. The molecule has 1 aliphatic heterocycles. The lowest BCUT2D eigenvalue weighted by Gasteiger charge is -2.54. The molecule has 2 atom stereocenters. The number of hydrogen-bond donors (Lipinski definition) is 3. The molecule has 9 heteroatoms. The van der Waals surface area contributed by atoms with Gasteiger partial charge in [-0.2, -0.15) is 0 Å². The van der Waals surface area contributed by atoms with E-state index in [9.17, 15) is 14.4 Å². The van der Waals surface area contributed by atoms with Crippen LogP contribution in [0.1, 0.15) is 67.3 Å². The molecule has 6 rings (SSSR count). The molecule has 3 aromatic rings. The van der Waals surface area contributed by atoms with Crippen LogP contribution >= 0.6 is 11.6 Å². The van der Waals surface area contributed by atoms with Crippen molar-refractivity contribution < 1.29 is 14.4 Å². The van der Waals surface area contributed by atoms with Crippen LogP contribution < -0.4 is 16.4 Å². The van der Waals surface area contributed by atoms with E-state index in [1.165, 1.54) is 6.42 Å². The number of benzene rings is 3. The second kappa shape index (κ2) is 14.2. The summed E-state index contributed by atoms with van der Waals surface area (Å²) < 4.78 is 0. The summed E-state index contributed by atoms with van der Waals surface area (Å²) >= 11 is 6.15. The second-order valence-corrected chi connectivity index (χ2v) is 14.1. The van der Waals surface area contributed by atoms with Crippen molar-refractivity contribution in [3.05, 3.63) is 106 Å². The maximum Gasteiger partial charge on any atom is 0.245 e. The molecule has 1 saturated carbocycles. The van der Waals surface area contributed by atoms with Crippen LogP contribution in [0.2, 0.25) is 5.02 Å². The number of carbonyl (C=O) groups is 3. The van der Waals surface area contributed by atoms with Crippen LogP contribution in [0.3, 0.4) is 0 Å². The molecular weight excluding hydrogens is 610 g/mol. The molecule has 1 saturated heterocycles. The molecule has 8 nitrogen and oxygen atoms in total. The van der Waals surface area contributed by atoms with Crippen molar-refractivity contribution in [2.75, 3.05) is 26.2 Å². The van der Waals surface area contributed by atoms with Gasteiger partial charge in [-0.05, 0) is 60.1 Å². The Kier molecular flexibility index (Phi) is 10.0. The van der Waals surface area contributed by atoms with Gasteiger partial charge in [0.05, 0.1) is 6.04 Å². The largest absolute Gasteiger partial charge is 0.348 e. The van der Waals surface area contributed by atoms with Gasteiger partial charge in [-0.3, -0.25) is 19.3 Å². The monoisotopic (exact) mass is 655 g/mol. The summed E-state index contributed by atoms with van der Waals surface area (Å²) in [6.07, 6.45) is 6.57. The number of rotatable bonds is 9. The van der Waals surface area contributed by atoms with E-state index in [4.69, 9.17) is 17.3 Å². The van der Waals surface area contributed by atoms with E-state index in [1.54, 1.807) is 19.1 Å². The summed E-state index contributed by atoms with van der Waals surface area (Å²) in [5.41, 5.74) is 9.56. The van der Waals surface area contributed by atoms with Gasteiger partial charge >= 0.3 is 0 Å². The van der Waals surface area contributed by atoms with Gasteiger partial charge in [0.15, 0.2) is 0 Å². The number of fused-ring (bicyclic) bond motifs is 1. The summed E-state index contributed by atoms with van der Waals surface area (Å²) in [5.74, 6) is -0.450. The van der Waals surface area contributed by atoms with Gasteiger partial charge in [-0.1, -0.05) is 97.6 Å². The number of carbonyl (C=O) groups excluding carboxylic acids is 3. The summed E-state index contributed by atoms with van der Waals surface area (Å²) in [5, 5.41) is 7.02. The highest BCUT2D eigenvalue weighted by Crippen LogP contribution is 2.44.